The highest BCUT2D eigenvalue weighted by molar-refractivity contribution is 6.62. The molecule has 0 bridgehead atoms. The number of carbonyl (C=O) groups excluding carboxylic acids is 1. The van der Waals surface area contributed by atoms with Crippen molar-refractivity contribution in [3.63, 3.8) is 0 Å². The zero-order valence-corrected chi connectivity index (χ0v) is 17.0. The molecular formula is C20H26BN3O4. The Kier molecular flexibility index (Phi) is 4.23. The fourth-order valence-electron chi connectivity index (χ4n) is 3.59. The minimum Gasteiger partial charge on any atom is -0.399 e. The number of rotatable bonds is 3. The van der Waals surface area contributed by atoms with Crippen LogP contribution < -0.4 is 5.46 Å². The van der Waals surface area contributed by atoms with Crippen molar-refractivity contribution in [2.75, 3.05) is 13.6 Å². The van der Waals surface area contributed by atoms with E-state index in [0.29, 0.717) is 18.5 Å². The van der Waals surface area contributed by atoms with Crippen molar-refractivity contribution >= 4 is 18.5 Å². The van der Waals surface area contributed by atoms with E-state index in [-0.39, 0.29) is 5.91 Å². The highest BCUT2D eigenvalue weighted by Gasteiger charge is 2.51. The van der Waals surface area contributed by atoms with Crippen molar-refractivity contribution in [3.05, 3.63) is 42.2 Å². The Bertz CT molecular complexity index is 910. The number of likely N-dealkylation sites (N-methyl/N-ethyl adjacent to an activating group) is 1. The first-order valence-electron chi connectivity index (χ1n) is 9.53. The van der Waals surface area contributed by atoms with Crippen LogP contribution in [0.3, 0.4) is 0 Å². The molecule has 4 rings (SSSR count). The minimum absolute atomic E-state index is 0.294. The maximum atomic E-state index is 12.3. The van der Waals surface area contributed by atoms with Crippen LogP contribution in [0.4, 0.5) is 0 Å². The van der Waals surface area contributed by atoms with Gasteiger partial charge >= 0.3 is 7.12 Å². The number of carbonyl (C=O) groups is 1. The molecule has 1 atom stereocenters. The molecule has 28 heavy (non-hydrogen) atoms. The minimum atomic E-state index is -1.50. The van der Waals surface area contributed by atoms with Crippen LogP contribution in [0.5, 0.6) is 0 Å². The second-order valence-corrected chi connectivity index (χ2v) is 8.69. The molecule has 0 radical (unpaired) electrons. The van der Waals surface area contributed by atoms with E-state index in [1.807, 2.05) is 52.0 Å². The molecule has 0 spiro atoms. The summed E-state index contributed by atoms with van der Waals surface area (Å²) in [6, 6.07) is 7.74. The van der Waals surface area contributed by atoms with Gasteiger partial charge in [-0.3, -0.25) is 4.79 Å². The van der Waals surface area contributed by atoms with Gasteiger partial charge in [0.1, 0.15) is 0 Å². The van der Waals surface area contributed by atoms with E-state index in [9.17, 15) is 9.90 Å². The van der Waals surface area contributed by atoms with Gasteiger partial charge in [-0.25, -0.2) is 4.68 Å². The first-order chi connectivity index (χ1) is 13.0. The lowest BCUT2D eigenvalue weighted by atomic mass is 9.79. The van der Waals surface area contributed by atoms with Gasteiger partial charge in [-0.05, 0) is 45.3 Å². The molecule has 3 heterocycles. The lowest BCUT2D eigenvalue weighted by molar-refractivity contribution is -0.143. The molecule has 0 saturated carbocycles. The maximum absolute atomic E-state index is 12.3. The molecule has 2 fully saturated rings. The fourth-order valence-corrected chi connectivity index (χ4v) is 3.59. The molecule has 7 nitrogen and oxygen atoms in total. The first kappa shape index (κ1) is 19.2. The molecule has 1 aromatic heterocycles. The number of hydrogen-bond acceptors (Lipinski definition) is 5. The van der Waals surface area contributed by atoms with Gasteiger partial charge in [0, 0.05) is 31.8 Å². The van der Waals surface area contributed by atoms with Gasteiger partial charge < -0.3 is 19.3 Å². The third kappa shape index (κ3) is 2.87. The second-order valence-electron chi connectivity index (χ2n) is 8.69. The van der Waals surface area contributed by atoms with E-state index in [1.165, 1.54) is 4.90 Å². The van der Waals surface area contributed by atoms with Crippen molar-refractivity contribution in [2.45, 2.75) is 50.9 Å². The predicted molar refractivity (Wildman–Crippen MR) is 105 cm³/mol. The summed E-state index contributed by atoms with van der Waals surface area (Å²) in [4.78, 5) is 13.9. The average molecular weight is 383 g/mol. The Morgan fingerprint density at radius 2 is 1.86 bits per heavy atom. The number of aliphatic hydroxyl groups is 1. The maximum Gasteiger partial charge on any atom is 0.494 e. The van der Waals surface area contributed by atoms with Crippen LogP contribution in [0.1, 0.15) is 39.7 Å². The molecular weight excluding hydrogens is 357 g/mol. The number of hydrogen-bond donors (Lipinski definition) is 1. The smallest absolute Gasteiger partial charge is 0.399 e. The normalized spacial score (nSPS) is 26.3. The lowest BCUT2D eigenvalue weighted by Gasteiger charge is -2.32. The van der Waals surface area contributed by atoms with Gasteiger partial charge in [0.15, 0.2) is 5.60 Å². The lowest BCUT2D eigenvalue weighted by Crippen LogP contribution is -2.41. The zero-order chi connectivity index (χ0) is 20.3. The highest BCUT2D eigenvalue weighted by Crippen LogP contribution is 2.36. The molecule has 2 aliphatic heterocycles. The Balaban J connectivity index is 1.62. The van der Waals surface area contributed by atoms with Gasteiger partial charge in [0.2, 0.25) is 0 Å². The standard InChI is InChI=1S/C20H26BN3O4/c1-18(2)19(3,4)28-21(27-18)15-7-6-8-16(11-15)24-13-14(12-22-24)20(26)9-10-23(5)17(20)25/h6-8,11-13,26H,9-10H2,1-5H3/t20-/m1/s1. The third-order valence-corrected chi connectivity index (χ3v) is 6.23. The summed E-state index contributed by atoms with van der Waals surface area (Å²) in [5, 5.41) is 15.2. The molecule has 1 N–H and O–H groups in total. The average Bonchev–Trinajstić information content (AvgIpc) is 3.29. The molecule has 2 saturated heterocycles. The van der Waals surface area contributed by atoms with E-state index in [2.05, 4.69) is 5.10 Å². The van der Waals surface area contributed by atoms with Gasteiger partial charge in [0.25, 0.3) is 5.91 Å². The Labute approximate surface area is 165 Å². The topological polar surface area (TPSA) is 76.8 Å². The Hall–Kier alpha value is -2.16. The molecule has 148 valence electrons. The summed E-state index contributed by atoms with van der Waals surface area (Å²) in [7, 11) is 1.23. The van der Waals surface area contributed by atoms with Crippen molar-refractivity contribution < 1.29 is 19.2 Å². The van der Waals surface area contributed by atoms with Crippen LogP contribution in [-0.2, 0) is 19.7 Å². The van der Waals surface area contributed by atoms with Gasteiger partial charge in [-0.15, -0.1) is 0 Å². The summed E-state index contributed by atoms with van der Waals surface area (Å²) in [6.45, 7) is 8.61. The van der Waals surface area contributed by atoms with E-state index >= 15 is 0 Å². The number of likely N-dealkylation sites (tertiary alicyclic amines) is 1. The number of nitrogens with zero attached hydrogens (tertiary/aromatic N) is 3. The van der Waals surface area contributed by atoms with Crippen molar-refractivity contribution in [2.24, 2.45) is 0 Å². The number of amides is 1. The fraction of sp³-hybridized carbons (Fsp3) is 0.500. The summed E-state index contributed by atoms with van der Waals surface area (Å²) in [6.07, 6.45) is 3.63. The van der Waals surface area contributed by atoms with Crippen LogP contribution in [0.15, 0.2) is 36.7 Å². The Morgan fingerprint density at radius 3 is 2.46 bits per heavy atom. The zero-order valence-electron chi connectivity index (χ0n) is 17.0. The largest absolute Gasteiger partial charge is 0.494 e. The van der Waals surface area contributed by atoms with Crippen molar-refractivity contribution in [1.29, 1.82) is 0 Å². The molecule has 2 aliphatic rings. The summed E-state index contributed by atoms with van der Waals surface area (Å²) >= 11 is 0. The van der Waals surface area contributed by atoms with Crippen LogP contribution in [0, 0.1) is 0 Å². The van der Waals surface area contributed by atoms with Gasteiger partial charge in [-0.2, -0.15) is 5.10 Å². The van der Waals surface area contributed by atoms with Crippen LogP contribution in [-0.4, -0.2) is 57.6 Å². The molecule has 0 aliphatic carbocycles. The van der Waals surface area contributed by atoms with E-state index < -0.39 is 23.9 Å². The monoisotopic (exact) mass is 383 g/mol. The van der Waals surface area contributed by atoms with Crippen LogP contribution in [0.25, 0.3) is 5.69 Å². The van der Waals surface area contributed by atoms with Crippen molar-refractivity contribution in [3.8, 4) is 5.69 Å². The van der Waals surface area contributed by atoms with Crippen LogP contribution in [0.2, 0.25) is 0 Å². The molecule has 1 aromatic carbocycles. The van der Waals surface area contributed by atoms with E-state index in [1.54, 1.807) is 24.1 Å². The number of aromatic nitrogens is 2. The van der Waals surface area contributed by atoms with Gasteiger partial charge in [0.05, 0.1) is 23.1 Å². The molecule has 8 heteroatoms. The van der Waals surface area contributed by atoms with Gasteiger partial charge in [-0.1, -0.05) is 12.1 Å². The summed E-state index contributed by atoms with van der Waals surface area (Å²) in [5.74, 6) is -0.294. The summed E-state index contributed by atoms with van der Waals surface area (Å²) in [5.41, 5.74) is -0.126. The molecule has 0 unspecified atom stereocenters. The predicted octanol–water partition coefficient (Wildman–Crippen LogP) is 1.22. The molecule has 1 amide bonds. The van der Waals surface area contributed by atoms with Crippen molar-refractivity contribution in [1.82, 2.24) is 14.7 Å². The number of benzene rings is 1. The van der Waals surface area contributed by atoms with E-state index in [4.69, 9.17) is 9.31 Å². The SMILES string of the molecule is CN1CC[C@@](O)(c2cnn(-c3cccc(B4OC(C)(C)C(C)(C)O4)c3)c2)C1=O. The third-order valence-electron chi connectivity index (χ3n) is 6.23. The highest BCUT2D eigenvalue weighted by atomic mass is 16.7. The second kappa shape index (κ2) is 6.17. The van der Waals surface area contributed by atoms with Crippen LogP contribution >= 0.6 is 0 Å². The van der Waals surface area contributed by atoms with E-state index in [0.717, 1.165) is 11.2 Å². The summed E-state index contributed by atoms with van der Waals surface area (Å²) < 4.78 is 13.9. The molecule has 2 aromatic rings. The quantitative estimate of drug-likeness (QED) is 0.807. The Morgan fingerprint density at radius 1 is 1.18 bits per heavy atom. The first-order valence-corrected chi connectivity index (χ1v) is 9.53.